The monoisotopic (exact) mass is 272 g/mol. The van der Waals surface area contributed by atoms with Crippen LogP contribution in [0.3, 0.4) is 0 Å². The van der Waals surface area contributed by atoms with Crippen molar-refractivity contribution in [3.8, 4) is 6.19 Å². The van der Waals surface area contributed by atoms with Crippen LogP contribution in [0.4, 0.5) is 5.69 Å². The lowest BCUT2D eigenvalue weighted by atomic mass is 10.1. The summed E-state index contributed by atoms with van der Waals surface area (Å²) in [5, 5.41) is 17.7. The average Bonchev–Trinajstić information content (AvgIpc) is 2.46. The summed E-state index contributed by atoms with van der Waals surface area (Å²) < 4.78 is 0. The van der Waals surface area contributed by atoms with Gasteiger partial charge in [0.2, 0.25) is 0 Å². The third kappa shape index (κ3) is 3.43. The highest BCUT2D eigenvalue weighted by molar-refractivity contribution is 6.32. The molecule has 0 N–H and O–H groups in total. The zero-order valence-corrected chi connectivity index (χ0v) is 11.3. The molecule has 0 fully saturated rings. The largest absolute Gasteiger partial charge is 0.286 e. The predicted molar refractivity (Wildman–Crippen MR) is 74.7 cm³/mol. The van der Waals surface area contributed by atoms with E-state index >= 15 is 0 Å². The molecule has 0 saturated carbocycles. The summed E-state index contributed by atoms with van der Waals surface area (Å²) >= 11 is 6.00. The number of rotatable bonds is 3. The first-order valence-corrected chi connectivity index (χ1v) is 6.28. The summed E-state index contributed by atoms with van der Waals surface area (Å²) in [4.78, 5) is 1.55. The highest BCUT2D eigenvalue weighted by Crippen LogP contribution is 2.26. The fourth-order valence-corrected chi connectivity index (χ4v) is 1.87. The Morgan fingerprint density at radius 1 is 1.21 bits per heavy atom. The van der Waals surface area contributed by atoms with Crippen LogP contribution in [-0.4, -0.2) is 11.9 Å². The van der Waals surface area contributed by atoms with Crippen LogP contribution in [0.1, 0.15) is 12.8 Å². The van der Waals surface area contributed by atoms with Gasteiger partial charge in [0.15, 0.2) is 6.19 Å². The summed E-state index contributed by atoms with van der Waals surface area (Å²) in [6, 6.07) is 7.33. The maximum Gasteiger partial charge on any atom is 0.183 e. The molecule has 0 aromatic heterocycles. The van der Waals surface area contributed by atoms with Gasteiger partial charge in [-0.1, -0.05) is 23.7 Å². The second kappa shape index (κ2) is 6.17. The Kier molecular flexibility index (Phi) is 4.32. The molecule has 0 amide bonds. The molecule has 1 aromatic rings. The molecule has 5 heteroatoms. The van der Waals surface area contributed by atoms with Gasteiger partial charge in [-0.15, -0.1) is 5.11 Å². The molecule has 0 saturated heterocycles. The molecule has 0 unspecified atom stereocenters. The first kappa shape index (κ1) is 13.3. The van der Waals surface area contributed by atoms with Crippen LogP contribution >= 0.6 is 11.6 Å². The van der Waals surface area contributed by atoms with E-state index in [2.05, 4.69) is 16.4 Å². The summed E-state index contributed by atoms with van der Waals surface area (Å²) in [6.07, 6.45) is 7.42. The van der Waals surface area contributed by atoms with Crippen LogP contribution in [0.2, 0.25) is 5.02 Å². The molecular formula is C14H13ClN4. The van der Waals surface area contributed by atoms with Crippen LogP contribution < -0.4 is 0 Å². The van der Waals surface area contributed by atoms with Crippen LogP contribution in [0.25, 0.3) is 0 Å². The van der Waals surface area contributed by atoms with E-state index in [9.17, 15) is 0 Å². The number of halogens is 1. The Morgan fingerprint density at radius 2 is 2.00 bits per heavy atom. The second-order valence-electron chi connectivity index (χ2n) is 4.13. The van der Waals surface area contributed by atoms with Crippen molar-refractivity contribution in [2.45, 2.75) is 12.8 Å². The normalized spacial score (nSPS) is 14.8. The Balaban J connectivity index is 2.10. The second-order valence-corrected chi connectivity index (χ2v) is 4.53. The molecule has 4 nitrogen and oxygen atoms in total. The van der Waals surface area contributed by atoms with Gasteiger partial charge in [-0.2, -0.15) is 10.4 Å². The Labute approximate surface area is 117 Å². The number of nitrogens with zero attached hydrogens (tertiary/aromatic N) is 4. The third-order valence-electron chi connectivity index (χ3n) is 2.82. The molecule has 1 aliphatic rings. The van der Waals surface area contributed by atoms with Crippen LogP contribution in [0.5, 0.6) is 0 Å². The van der Waals surface area contributed by atoms with Gasteiger partial charge in [0.1, 0.15) is 5.69 Å². The molecule has 1 aliphatic carbocycles. The molecule has 0 bridgehead atoms. The summed E-state index contributed by atoms with van der Waals surface area (Å²) in [6.45, 7) is 0. The molecule has 19 heavy (non-hydrogen) atoms. The lowest BCUT2D eigenvalue weighted by Crippen LogP contribution is -2.11. The summed E-state index contributed by atoms with van der Waals surface area (Å²) in [5.41, 5.74) is 2.53. The average molecular weight is 273 g/mol. The molecular weight excluding hydrogens is 260 g/mol. The first-order valence-electron chi connectivity index (χ1n) is 5.90. The van der Waals surface area contributed by atoms with Crippen LogP contribution in [-0.2, 0) is 0 Å². The fourth-order valence-electron chi connectivity index (χ4n) is 1.69. The van der Waals surface area contributed by atoms with Gasteiger partial charge < -0.3 is 0 Å². The van der Waals surface area contributed by atoms with Gasteiger partial charge in [-0.25, -0.2) is 0 Å². The molecule has 0 atom stereocenters. The molecule has 1 aromatic carbocycles. The van der Waals surface area contributed by atoms with Gasteiger partial charge in [0, 0.05) is 12.7 Å². The zero-order chi connectivity index (χ0) is 13.7. The van der Waals surface area contributed by atoms with Gasteiger partial charge in [-0.05, 0) is 37.1 Å². The molecule has 0 radical (unpaired) electrons. The standard InChI is InChI=1S/C14H13ClN4/c1-19(10-16)12-8-6-11(7-9-12)17-18-14-5-3-2-4-13(14)15/h2-6,8H,7,9H2,1H3. The predicted octanol–water partition coefficient (Wildman–Crippen LogP) is 4.40. The van der Waals surface area contributed by atoms with E-state index in [-0.39, 0.29) is 0 Å². The Hall–Kier alpha value is -2.12. The van der Waals surface area contributed by atoms with Crippen molar-refractivity contribution in [2.24, 2.45) is 10.2 Å². The first-order chi connectivity index (χ1) is 9.20. The van der Waals surface area contributed by atoms with Crippen molar-refractivity contribution in [3.63, 3.8) is 0 Å². The number of hydrogen-bond acceptors (Lipinski definition) is 4. The quantitative estimate of drug-likeness (QED) is 0.465. The van der Waals surface area contributed by atoms with E-state index < -0.39 is 0 Å². The Bertz CT molecular complexity index is 596. The molecule has 0 heterocycles. The topological polar surface area (TPSA) is 51.8 Å². The molecule has 0 spiro atoms. The maximum atomic E-state index is 8.79. The smallest absolute Gasteiger partial charge is 0.183 e. The lowest BCUT2D eigenvalue weighted by molar-refractivity contribution is 0.549. The van der Waals surface area contributed by atoms with Gasteiger partial charge in [-0.3, -0.25) is 4.90 Å². The minimum atomic E-state index is 0.586. The number of azo groups is 1. The molecule has 0 aliphatic heterocycles. The highest BCUT2D eigenvalue weighted by atomic mass is 35.5. The minimum Gasteiger partial charge on any atom is -0.286 e. The SMILES string of the molecule is CN(C#N)C1=CC=C(N=Nc2ccccc2Cl)CC1. The number of benzene rings is 1. The van der Waals surface area contributed by atoms with Gasteiger partial charge >= 0.3 is 0 Å². The van der Waals surface area contributed by atoms with E-state index in [1.807, 2.05) is 30.4 Å². The number of hydrogen-bond donors (Lipinski definition) is 0. The highest BCUT2D eigenvalue weighted by Gasteiger charge is 2.09. The van der Waals surface area contributed by atoms with Crippen molar-refractivity contribution in [2.75, 3.05) is 7.05 Å². The minimum absolute atomic E-state index is 0.586. The van der Waals surface area contributed by atoms with E-state index in [1.165, 1.54) is 0 Å². The van der Waals surface area contributed by atoms with Crippen molar-refractivity contribution in [3.05, 3.63) is 52.8 Å². The van der Waals surface area contributed by atoms with Gasteiger partial charge in [0.05, 0.1) is 10.7 Å². The van der Waals surface area contributed by atoms with Crippen molar-refractivity contribution < 1.29 is 0 Å². The van der Waals surface area contributed by atoms with Crippen molar-refractivity contribution in [1.82, 2.24) is 4.90 Å². The van der Waals surface area contributed by atoms with Crippen LogP contribution in [0.15, 0.2) is 58.0 Å². The third-order valence-corrected chi connectivity index (χ3v) is 3.14. The van der Waals surface area contributed by atoms with Crippen LogP contribution in [0, 0.1) is 11.5 Å². The van der Waals surface area contributed by atoms with E-state index in [0.29, 0.717) is 10.7 Å². The van der Waals surface area contributed by atoms with Gasteiger partial charge in [0.25, 0.3) is 0 Å². The summed E-state index contributed by atoms with van der Waals surface area (Å²) in [7, 11) is 1.75. The van der Waals surface area contributed by atoms with Crippen molar-refractivity contribution in [1.29, 1.82) is 5.26 Å². The zero-order valence-electron chi connectivity index (χ0n) is 10.5. The molecule has 96 valence electrons. The van der Waals surface area contributed by atoms with Crippen molar-refractivity contribution >= 4 is 17.3 Å². The lowest BCUT2D eigenvalue weighted by Gasteiger charge is -2.16. The summed E-state index contributed by atoms with van der Waals surface area (Å²) in [5.74, 6) is 0. The number of nitriles is 1. The van der Waals surface area contributed by atoms with E-state index in [4.69, 9.17) is 16.9 Å². The van der Waals surface area contributed by atoms with E-state index in [1.54, 1.807) is 18.0 Å². The maximum absolute atomic E-state index is 8.79. The van der Waals surface area contributed by atoms with E-state index in [0.717, 1.165) is 24.2 Å². The Morgan fingerprint density at radius 3 is 2.63 bits per heavy atom. The fraction of sp³-hybridized carbons (Fsp3) is 0.214. The number of allylic oxidation sites excluding steroid dienone is 4. The molecule has 2 rings (SSSR count).